The largest absolute Gasteiger partial charge is 0.494 e. The SMILES string of the molecule is CCOc1ccc(OCC)c(NCCC2CCCCC2)c1. The average molecular weight is 291 g/mol. The van der Waals surface area contributed by atoms with Crippen molar-refractivity contribution in [2.45, 2.75) is 52.4 Å². The lowest BCUT2D eigenvalue weighted by atomic mass is 9.87. The summed E-state index contributed by atoms with van der Waals surface area (Å²) < 4.78 is 11.3. The van der Waals surface area contributed by atoms with Crippen molar-refractivity contribution < 1.29 is 9.47 Å². The van der Waals surface area contributed by atoms with Crippen LogP contribution in [0.25, 0.3) is 0 Å². The molecule has 1 aromatic rings. The van der Waals surface area contributed by atoms with E-state index in [1.807, 2.05) is 26.0 Å². The Balaban J connectivity index is 1.90. The summed E-state index contributed by atoms with van der Waals surface area (Å²) in [5.74, 6) is 2.72. The van der Waals surface area contributed by atoms with Crippen molar-refractivity contribution in [3.8, 4) is 11.5 Å². The van der Waals surface area contributed by atoms with E-state index in [1.54, 1.807) is 0 Å². The molecule has 0 aromatic heterocycles. The zero-order chi connectivity index (χ0) is 14.9. The van der Waals surface area contributed by atoms with Crippen LogP contribution in [0, 0.1) is 5.92 Å². The summed E-state index contributed by atoms with van der Waals surface area (Å²) in [5.41, 5.74) is 1.05. The third-order valence-electron chi connectivity index (χ3n) is 4.15. The second kappa shape index (κ2) is 8.81. The highest BCUT2D eigenvalue weighted by molar-refractivity contribution is 5.59. The minimum atomic E-state index is 0.686. The first-order chi connectivity index (χ1) is 10.3. The summed E-state index contributed by atoms with van der Waals surface area (Å²) in [6.07, 6.45) is 8.31. The van der Waals surface area contributed by atoms with Gasteiger partial charge >= 0.3 is 0 Å². The van der Waals surface area contributed by atoms with Crippen molar-refractivity contribution in [2.24, 2.45) is 5.92 Å². The predicted molar refractivity (Wildman–Crippen MR) is 88.5 cm³/mol. The van der Waals surface area contributed by atoms with Crippen LogP contribution in [0.4, 0.5) is 5.69 Å². The molecule has 1 aliphatic carbocycles. The molecule has 21 heavy (non-hydrogen) atoms. The highest BCUT2D eigenvalue weighted by atomic mass is 16.5. The van der Waals surface area contributed by atoms with Gasteiger partial charge in [0.25, 0.3) is 0 Å². The van der Waals surface area contributed by atoms with Crippen molar-refractivity contribution in [2.75, 3.05) is 25.1 Å². The molecule has 0 atom stereocenters. The Hall–Kier alpha value is -1.38. The third-order valence-corrected chi connectivity index (χ3v) is 4.15. The number of hydrogen-bond donors (Lipinski definition) is 1. The number of rotatable bonds is 8. The van der Waals surface area contributed by atoms with Crippen LogP contribution in [-0.2, 0) is 0 Å². The quantitative estimate of drug-likeness (QED) is 0.741. The molecule has 118 valence electrons. The van der Waals surface area contributed by atoms with Gasteiger partial charge in [0.05, 0.1) is 18.9 Å². The number of nitrogens with one attached hydrogen (secondary N) is 1. The molecule has 0 radical (unpaired) electrons. The predicted octanol–water partition coefficient (Wildman–Crippen LogP) is 4.87. The Morgan fingerprint density at radius 2 is 1.81 bits per heavy atom. The topological polar surface area (TPSA) is 30.5 Å². The van der Waals surface area contributed by atoms with Gasteiger partial charge in [-0.2, -0.15) is 0 Å². The molecule has 1 aromatic carbocycles. The van der Waals surface area contributed by atoms with Crippen molar-refractivity contribution in [1.29, 1.82) is 0 Å². The van der Waals surface area contributed by atoms with Crippen LogP contribution in [0.1, 0.15) is 52.4 Å². The normalized spacial score (nSPS) is 15.7. The second-order valence-corrected chi connectivity index (χ2v) is 5.74. The number of benzene rings is 1. The van der Waals surface area contributed by atoms with Crippen molar-refractivity contribution in [1.82, 2.24) is 0 Å². The van der Waals surface area contributed by atoms with E-state index in [2.05, 4.69) is 11.4 Å². The molecule has 1 saturated carbocycles. The highest BCUT2D eigenvalue weighted by Gasteiger charge is 2.13. The van der Waals surface area contributed by atoms with E-state index >= 15 is 0 Å². The Kier molecular flexibility index (Phi) is 6.71. The summed E-state index contributed by atoms with van der Waals surface area (Å²) >= 11 is 0. The Morgan fingerprint density at radius 1 is 1.05 bits per heavy atom. The summed E-state index contributed by atoms with van der Waals surface area (Å²) in [6.45, 7) is 6.41. The molecule has 0 amide bonds. The minimum Gasteiger partial charge on any atom is -0.494 e. The Labute approximate surface area is 129 Å². The van der Waals surface area contributed by atoms with Gasteiger partial charge in [-0.25, -0.2) is 0 Å². The monoisotopic (exact) mass is 291 g/mol. The molecular formula is C18H29NO2. The average Bonchev–Trinajstić information content (AvgIpc) is 2.51. The summed E-state index contributed by atoms with van der Waals surface area (Å²) in [6, 6.07) is 6.02. The van der Waals surface area contributed by atoms with Crippen LogP contribution < -0.4 is 14.8 Å². The number of ether oxygens (including phenoxy) is 2. The fourth-order valence-electron chi connectivity index (χ4n) is 3.07. The van der Waals surface area contributed by atoms with Gasteiger partial charge < -0.3 is 14.8 Å². The van der Waals surface area contributed by atoms with Crippen LogP contribution in [0.5, 0.6) is 11.5 Å². The van der Waals surface area contributed by atoms with E-state index in [4.69, 9.17) is 9.47 Å². The van der Waals surface area contributed by atoms with Crippen molar-refractivity contribution in [3.05, 3.63) is 18.2 Å². The second-order valence-electron chi connectivity index (χ2n) is 5.74. The molecule has 0 heterocycles. The van der Waals surface area contributed by atoms with Crippen LogP contribution >= 0.6 is 0 Å². The maximum atomic E-state index is 5.69. The smallest absolute Gasteiger partial charge is 0.142 e. The van der Waals surface area contributed by atoms with Crippen molar-refractivity contribution in [3.63, 3.8) is 0 Å². The molecular weight excluding hydrogens is 262 g/mol. The molecule has 3 nitrogen and oxygen atoms in total. The fraction of sp³-hybridized carbons (Fsp3) is 0.667. The van der Waals surface area contributed by atoms with Crippen LogP contribution in [-0.4, -0.2) is 19.8 Å². The molecule has 1 aliphatic rings. The Morgan fingerprint density at radius 3 is 2.52 bits per heavy atom. The highest BCUT2D eigenvalue weighted by Crippen LogP contribution is 2.30. The lowest BCUT2D eigenvalue weighted by Gasteiger charge is -2.22. The lowest BCUT2D eigenvalue weighted by Crippen LogP contribution is -2.12. The van der Waals surface area contributed by atoms with Gasteiger partial charge in [0.2, 0.25) is 0 Å². The van der Waals surface area contributed by atoms with Gasteiger partial charge in [-0.05, 0) is 38.3 Å². The molecule has 1 N–H and O–H groups in total. The summed E-state index contributed by atoms with van der Waals surface area (Å²) in [4.78, 5) is 0. The summed E-state index contributed by atoms with van der Waals surface area (Å²) in [5, 5.41) is 3.54. The minimum absolute atomic E-state index is 0.686. The van der Waals surface area contributed by atoms with E-state index < -0.39 is 0 Å². The van der Waals surface area contributed by atoms with E-state index in [0.29, 0.717) is 13.2 Å². The van der Waals surface area contributed by atoms with Gasteiger partial charge in [0.15, 0.2) is 0 Å². The van der Waals surface area contributed by atoms with Crippen LogP contribution in [0.2, 0.25) is 0 Å². The molecule has 1 fully saturated rings. The van der Waals surface area contributed by atoms with Gasteiger partial charge in [-0.3, -0.25) is 0 Å². The lowest BCUT2D eigenvalue weighted by molar-refractivity contribution is 0.331. The zero-order valence-corrected chi connectivity index (χ0v) is 13.5. The van der Waals surface area contributed by atoms with Gasteiger partial charge in [0, 0.05) is 12.6 Å². The van der Waals surface area contributed by atoms with E-state index in [-0.39, 0.29) is 0 Å². The Bertz CT molecular complexity index is 414. The first kappa shape index (κ1) is 16.0. The van der Waals surface area contributed by atoms with Gasteiger partial charge in [0.1, 0.15) is 11.5 Å². The maximum Gasteiger partial charge on any atom is 0.142 e. The zero-order valence-electron chi connectivity index (χ0n) is 13.5. The first-order valence-corrected chi connectivity index (χ1v) is 8.47. The molecule has 2 rings (SSSR count). The van der Waals surface area contributed by atoms with Crippen LogP contribution in [0.15, 0.2) is 18.2 Å². The van der Waals surface area contributed by atoms with E-state index in [1.165, 1.54) is 38.5 Å². The molecule has 0 aliphatic heterocycles. The number of hydrogen-bond acceptors (Lipinski definition) is 3. The molecule has 0 spiro atoms. The number of anilines is 1. The fourth-order valence-corrected chi connectivity index (χ4v) is 3.07. The van der Waals surface area contributed by atoms with E-state index in [9.17, 15) is 0 Å². The third kappa shape index (κ3) is 5.14. The molecule has 3 heteroatoms. The molecule has 0 bridgehead atoms. The van der Waals surface area contributed by atoms with Crippen LogP contribution in [0.3, 0.4) is 0 Å². The van der Waals surface area contributed by atoms with E-state index in [0.717, 1.165) is 29.6 Å². The first-order valence-electron chi connectivity index (χ1n) is 8.47. The standard InChI is InChI=1S/C18H29NO2/c1-3-20-16-10-11-18(21-4-2)17(14-16)19-13-12-15-8-6-5-7-9-15/h10-11,14-15,19H,3-9,12-13H2,1-2H3. The van der Waals surface area contributed by atoms with Gasteiger partial charge in [-0.15, -0.1) is 0 Å². The molecule has 0 saturated heterocycles. The maximum absolute atomic E-state index is 5.69. The molecule has 0 unspecified atom stereocenters. The summed E-state index contributed by atoms with van der Waals surface area (Å²) in [7, 11) is 0. The van der Waals surface area contributed by atoms with Gasteiger partial charge in [-0.1, -0.05) is 32.1 Å². The van der Waals surface area contributed by atoms with Crippen molar-refractivity contribution >= 4 is 5.69 Å².